The molecule has 0 spiro atoms. The minimum absolute atomic E-state index is 0.191. The Balaban J connectivity index is 1.56. The van der Waals surface area contributed by atoms with Gasteiger partial charge in [-0.3, -0.25) is 9.71 Å². The number of furan rings is 1. The number of carbonyl (C=O) groups is 1. The SMILES string of the molecule is Cc1cc(N2C(=S)N[C@H](c3ccccn3)[C@H]2c2ccc(-c3ccc(C(=O)O)cc3)o2)ccc1NS(C)(=O)=O. The molecular formula is C27H24N4O5S2. The van der Waals surface area contributed by atoms with Crippen LogP contribution in [0.15, 0.2) is 83.4 Å². The highest BCUT2D eigenvalue weighted by Crippen LogP contribution is 2.43. The second-order valence-corrected chi connectivity index (χ2v) is 11.1. The molecule has 3 heterocycles. The van der Waals surface area contributed by atoms with Gasteiger partial charge in [0, 0.05) is 17.4 Å². The van der Waals surface area contributed by atoms with Crippen LogP contribution in [0.4, 0.5) is 11.4 Å². The first-order chi connectivity index (χ1) is 18.1. The number of aromatic nitrogens is 1. The number of sulfonamides is 1. The number of nitrogens with zero attached hydrogens (tertiary/aromatic N) is 2. The van der Waals surface area contributed by atoms with Crippen molar-refractivity contribution < 1.29 is 22.7 Å². The van der Waals surface area contributed by atoms with E-state index in [4.69, 9.17) is 16.6 Å². The van der Waals surface area contributed by atoms with Gasteiger partial charge in [0.1, 0.15) is 17.6 Å². The Bertz CT molecular complexity index is 1620. The summed E-state index contributed by atoms with van der Waals surface area (Å²) < 4.78 is 32.4. The van der Waals surface area contributed by atoms with Gasteiger partial charge in [-0.25, -0.2) is 13.2 Å². The lowest BCUT2D eigenvalue weighted by Crippen LogP contribution is -2.29. The number of aryl methyl sites for hydroxylation is 1. The zero-order valence-electron chi connectivity index (χ0n) is 20.5. The van der Waals surface area contributed by atoms with Crippen molar-refractivity contribution in [2.24, 2.45) is 0 Å². The number of rotatable bonds is 7. The number of hydrogen-bond donors (Lipinski definition) is 3. The number of nitrogens with one attached hydrogen (secondary N) is 2. The third-order valence-electron chi connectivity index (χ3n) is 6.22. The minimum Gasteiger partial charge on any atom is -0.478 e. The van der Waals surface area contributed by atoms with Crippen molar-refractivity contribution in [2.75, 3.05) is 15.9 Å². The Morgan fingerprint density at radius 2 is 1.87 bits per heavy atom. The molecule has 38 heavy (non-hydrogen) atoms. The number of benzene rings is 2. The number of anilines is 2. The standard InChI is InChI=1S/C27H24N4O5S2/c1-16-15-19(10-11-20(16)30-38(2,34)35)31-25(24(29-27(31)37)21-5-3-4-14-28-21)23-13-12-22(36-23)17-6-8-18(9-7-17)26(32)33/h3-15,24-25,30H,1-2H3,(H,29,37)(H,32,33)/t24-,25-/m1/s1. The van der Waals surface area contributed by atoms with Crippen LogP contribution in [-0.4, -0.2) is 35.8 Å². The lowest BCUT2D eigenvalue weighted by Gasteiger charge is -2.26. The molecule has 5 rings (SSSR count). The van der Waals surface area contributed by atoms with Gasteiger partial charge in [0.2, 0.25) is 10.0 Å². The van der Waals surface area contributed by atoms with Crippen LogP contribution in [0.2, 0.25) is 0 Å². The van der Waals surface area contributed by atoms with Crippen molar-refractivity contribution in [3.63, 3.8) is 0 Å². The average molecular weight is 549 g/mol. The van der Waals surface area contributed by atoms with Crippen molar-refractivity contribution in [1.82, 2.24) is 10.3 Å². The summed E-state index contributed by atoms with van der Waals surface area (Å²) in [6, 6.07) is 20.5. The Hall–Kier alpha value is -4.22. The molecule has 0 aliphatic carbocycles. The number of carboxylic acid groups (broad SMARTS) is 1. The fourth-order valence-electron chi connectivity index (χ4n) is 4.48. The Labute approximate surface area is 225 Å². The third kappa shape index (κ3) is 5.11. The molecule has 0 unspecified atom stereocenters. The number of aromatic carboxylic acids is 1. The van der Waals surface area contributed by atoms with Crippen LogP contribution in [0, 0.1) is 6.92 Å². The van der Waals surface area contributed by atoms with E-state index in [0.29, 0.717) is 22.3 Å². The molecule has 1 fully saturated rings. The van der Waals surface area contributed by atoms with E-state index in [1.165, 1.54) is 12.1 Å². The molecule has 1 aliphatic heterocycles. The van der Waals surface area contributed by atoms with Crippen molar-refractivity contribution >= 4 is 44.7 Å². The molecule has 0 bridgehead atoms. The fraction of sp³-hybridized carbons (Fsp3) is 0.148. The smallest absolute Gasteiger partial charge is 0.335 e. The summed E-state index contributed by atoms with van der Waals surface area (Å²) in [6.45, 7) is 1.82. The molecule has 1 aliphatic rings. The van der Waals surface area contributed by atoms with E-state index in [1.807, 2.05) is 48.2 Å². The Morgan fingerprint density at radius 1 is 1.11 bits per heavy atom. The normalized spacial score (nSPS) is 17.3. The van der Waals surface area contributed by atoms with Crippen LogP contribution in [0.3, 0.4) is 0 Å². The average Bonchev–Trinajstić information content (AvgIpc) is 3.50. The molecule has 2 atom stereocenters. The molecule has 11 heteroatoms. The maximum absolute atomic E-state index is 11.8. The summed E-state index contributed by atoms with van der Waals surface area (Å²) in [5.41, 5.74) is 3.68. The number of carboxylic acids is 1. The summed E-state index contributed by atoms with van der Waals surface area (Å²) in [5.74, 6) is 0.212. The largest absolute Gasteiger partial charge is 0.478 e. The molecule has 9 nitrogen and oxygen atoms in total. The zero-order chi connectivity index (χ0) is 27.0. The maximum atomic E-state index is 11.8. The van der Waals surface area contributed by atoms with Crippen LogP contribution in [-0.2, 0) is 10.0 Å². The second kappa shape index (κ2) is 9.92. The molecule has 0 amide bonds. The molecule has 2 aromatic heterocycles. The van der Waals surface area contributed by atoms with Crippen LogP contribution in [0.1, 0.15) is 39.5 Å². The van der Waals surface area contributed by atoms with Gasteiger partial charge in [0.15, 0.2) is 5.11 Å². The predicted molar refractivity (Wildman–Crippen MR) is 149 cm³/mol. The van der Waals surface area contributed by atoms with E-state index in [2.05, 4.69) is 15.0 Å². The number of hydrogen-bond acceptors (Lipinski definition) is 6. The highest BCUT2D eigenvalue weighted by Gasteiger charge is 2.42. The fourth-order valence-corrected chi connectivity index (χ4v) is 5.45. The highest BCUT2D eigenvalue weighted by molar-refractivity contribution is 7.92. The van der Waals surface area contributed by atoms with E-state index in [0.717, 1.165) is 28.8 Å². The van der Waals surface area contributed by atoms with Gasteiger partial charge in [-0.2, -0.15) is 0 Å². The molecule has 194 valence electrons. The van der Waals surface area contributed by atoms with Crippen molar-refractivity contribution in [1.29, 1.82) is 0 Å². The van der Waals surface area contributed by atoms with Gasteiger partial charge in [-0.15, -0.1) is 0 Å². The van der Waals surface area contributed by atoms with E-state index < -0.39 is 22.0 Å². The first-order valence-corrected chi connectivity index (χ1v) is 13.9. The summed E-state index contributed by atoms with van der Waals surface area (Å²) >= 11 is 5.76. The molecular weight excluding hydrogens is 524 g/mol. The van der Waals surface area contributed by atoms with E-state index >= 15 is 0 Å². The number of pyridine rings is 1. The van der Waals surface area contributed by atoms with E-state index in [-0.39, 0.29) is 11.6 Å². The number of thiocarbonyl (C=S) groups is 1. The summed E-state index contributed by atoms with van der Waals surface area (Å²) in [4.78, 5) is 17.7. The summed E-state index contributed by atoms with van der Waals surface area (Å²) in [7, 11) is -3.43. The van der Waals surface area contributed by atoms with Crippen molar-refractivity contribution in [2.45, 2.75) is 19.0 Å². The van der Waals surface area contributed by atoms with Crippen LogP contribution in [0.5, 0.6) is 0 Å². The molecule has 4 aromatic rings. The second-order valence-electron chi connectivity index (χ2n) is 8.95. The first kappa shape index (κ1) is 25.4. The molecule has 1 saturated heterocycles. The first-order valence-electron chi connectivity index (χ1n) is 11.6. The van der Waals surface area contributed by atoms with Crippen LogP contribution < -0.4 is 14.9 Å². The van der Waals surface area contributed by atoms with E-state index in [9.17, 15) is 18.3 Å². The van der Waals surface area contributed by atoms with Gasteiger partial charge in [-0.05, 0) is 79.3 Å². The van der Waals surface area contributed by atoms with Crippen molar-refractivity contribution in [3.8, 4) is 11.3 Å². The Kier molecular flexibility index (Phi) is 6.64. The third-order valence-corrected chi connectivity index (χ3v) is 7.12. The zero-order valence-corrected chi connectivity index (χ0v) is 22.1. The summed E-state index contributed by atoms with van der Waals surface area (Å²) in [6.07, 6.45) is 2.82. The topological polar surface area (TPSA) is 125 Å². The van der Waals surface area contributed by atoms with E-state index in [1.54, 1.807) is 30.5 Å². The summed E-state index contributed by atoms with van der Waals surface area (Å²) in [5, 5.41) is 13.0. The quantitative estimate of drug-likeness (QED) is 0.277. The van der Waals surface area contributed by atoms with Gasteiger partial charge in [0.25, 0.3) is 0 Å². The van der Waals surface area contributed by atoms with Gasteiger partial charge in [0.05, 0.1) is 29.2 Å². The van der Waals surface area contributed by atoms with Gasteiger partial charge in [-0.1, -0.05) is 18.2 Å². The lowest BCUT2D eigenvalue weighted by atomic mass is 10.0. The van der Waals surface area contributed by atoms with Crippen molar-refractivity contribution in [3.05, 3.63) is 102 Å². The molecule has 0 radical (unpaired) electrons. The highest BCUT2D eigenvalue weighted by atomic mass is 32.2. The minimum atomic E-state index is -3.43. The van der Waals surface area contributed by atoms with Crippen LogP contribution in [0.25, 0.3) is 11.3 Å². The molecule has 2 aromatic carbocycles. The van der Waals surface area contributed by atoms with Gasteiger partial charge < -0.3 is 19.7 Å². The monoisotopic (exact) mass is 548 g/mol. The Morgan fingerprint density at radius 3 is 2.50 bits per heavy atom. The molecule has 3 N–H and O–H groups in total. The van der Waals surface area contributed by atoms with Gasteiger partial charge >= 0.3 is 5.97 Å². The predicted octanol–water partition coefficient (Wildman–Crippen LogP) is 4.90. The maximum Gasteiger partial charge on any atom is 0.335 e. The molecule has 0 saturated carbocycles. The van der Waals surface area contributed by atoms with Crippen LogP contribution >= 0.6 is 12.2 Å². The lowest BCUT2D eigenvalue weighted by molar-refractivity contribution is 0.0697.